The molecule has 2 aromatic rings. The van der Waals surface area contributed by atoms with Crippen LogP contribution in [-0.4, -0.2) is 67.6 Å². The molecule has 1 aromatic heterocycles. The van der Waals surface area contributed by atoms with Crippen molar-refractivity contribution in [2.24, 2.45) is 28.1 Å². The topological polar surface area (TPSA) is 114 Å². The maximum absolute atomic E-state index is 13.9. The summed E-state index contributed by atoms with van der Waals surface area (Å²) in [5.41, 5.74) is 1.63. The maximum atomic E-state index is 13.9. The minimum Gasteiger partial charge on any atom is -0.472 e. The van der Waals surface area contributed by atoms with Crippen molar-refractivity contribution in [3.05, 3.63) is 71.2 Å². The molecule has 9 heteroatoms. The van der Waals surface area contributed by atoms with Gasteiger partial charge in [-0.05, 0) is 48.6 Å². The van der Waals surface area contributed by atoms with Crippen LogP contribution in [0.15, 0.2) is 64.5 Å². The van der Waals surface area contributed by atoms with Gasteiger partial charge in [0.05, 0.1) is 43.0 Å². The van der Waals surface area contributed by atoms with Crippen LogP contribution in [0, 0.1) is 28.1 Å². The Kier molecular flexibility index (Phi) is 7.35. The molecule has 2 aliphatic heterocycles. The third-order valence-electron chi connectivity index (χ3n) is 12.4. The van der Waals surface area contributed by atoms with Crippen LogP contribution in [0.4, 0.5) is 0 Å². The summed E-state index contributed by atoms with van der Waals surface area (Å²) < 4.78 is 37.6. The highest BCUT2D eigenvalue weighted by molar-refractivity contribution is 5.89. The quantitative estimate of drug-likeness (QED) is 0.345. The van der Waals surface area contributed by atoms with Crippen LogP contribution in [0.1, 0.15) is 75.7 Å². The fourth-order valence-electron chi connectivity index (χ4n) is 10.5. The van der Waals surface area contributed by atoms with Crippen molar-refractivity contribution in [3.63, 3.8) is 0 Å². The van der Waals surface area contributed by atoms with E-state index in [2.05, 4.69) is 27.7 Å². The Morgan fingerprint density at radius 2 is 1.78 bits per heavy atom. The third kappa shape index (κ3) is 4.34. The van der Waals surface area contributed by atoms with Gasteiger partial charge in [0.15, 0.2) is 6.29 Å². The molecule has 2 saturated carbocycles. The van der Waals surface area contributed by atoms with Gasteiger partial charge in [-0.15, -0.1) is 0 Å². The van der Waals surface area contributed by atoms with Crippen molar-refractivity contribution in [2.75, 3.05) is 13.7 Å². The lowest BCUT2D eigenvalue weighted by molar-refractivity contribution is -0.255. The van der Waals surface area contributed by atoms with Gasteiger partial charge in [0.2, 0.25) is 0 Å². The SMILES string of the molecule is COC1CC2C(C)(C3=C(C)C(c4ccoc4)CC3O1)C(OC(=O)c1ccccc1)C1OCC3(C)C(OC(C)=O)CC(O)C2(C)C13. The average Bonchev–Trinajstić information content (AvgIpc) is 3.72. The lowest BCUT2D eigenvalue weighted by Crippen LogP contribution is -2.72. The number of ether oxygens (including phenoxy) is 5. The summed E-state index contributed by atoms with van der Waals surface area (Å²) in [5, 5.41) is 12.2. The zero-order valence-electron chi connectivity index (χ0n) is 26.9. The summed E-state index contributed by atoms with van der Waals surface area (Å²) in [6.07, 6.45) is 1.46. The van der Waals surface area contributed by atoms with E-state index < -0.39 is 58.9 Å². The van der Waals surface area contributed by atoms with Gasteiger partial charge in [-0.3, -0.25) is 4.79 Å². The first-order chi connectivity index (χ1) is 21.4. The third-order valence-corrected chi connectivity index (χ3v) is 12.4. The van der Waals surface area contributed by atoms with Crippen molar-refractivity contribution in [2.45, 2.75) is 96.6 Å². The molecule has 7 rings (SSSR count). The number of aliphatic hydroxyl groups excluding tert-OH is 1. The number of carbonyl (C=O) groups is 2. The van der Waals surface area contributed by atoms with E-state index in [1.165, 1.54) is 6.92 Å². The smallest absolute Gasteiger partial charge is 0.338 e. The molecule has 0 spiro atoms. The number of rotatable bonds is 5. The predicted molar refractivity (Wildman–Crippen MR) is 162 cm³/mol. The molecule has 1 N–H and O–H groups in total. The molecule has 2 saturated heterocycles. The molecular formula is C36H44O9. The number of esters is 2. The highest BCUT2D eigenvalue weighted by Crippen LogP contribution is 2.72. The maximum Gasteiger partial charge on any atom is 0.338 e. The fourth-order valence-corrected chi connectivity index (χ4v) is 10.5. The Hall–Kier alpha value is -2.98. The minimum atomic E-state index is -0.819. The van der Waals surface area contributed by atoms with Crippen molar-refractivity contribution in [1.29, 1.82) is 0 Å². The summed E-state index contributed by atoms with van der Waals surface area (Å²) in [4.78, 5) is 26.2. The number of hydrogen-bond acceptors (Lipinski definition) is 9. The summed E-state index contributed by atoms with van der Waals surface area (Å²) in [7, 11) is 1.66. The van der Waals surface area contributed by atoms with Crippen LogP contribution >= 0.6 is 0 Å². The second kappa shape index (κ2) is 10.8. The van der Waals surface area contributed by atoms with Gasteiger partial charge in [0, 0.05) is 55.0 Å². The van der Waals surface area contributed by atoms with E-state index in [9.17, 15) is 14.7 Å². The summed E-state index contributed by atoms with van der Waals surface area (Å²) in [6, 6.07) is 11.0. The molecule has 0 bridgehead atoms. The predicted octanol–water partition coefficient (Wildman–Crippen LogP) is 5.43. The Balaban J connectivity index is 1.44. The van der Waals surface area contributed by atoms with E-state index in [1.54, 1.807) is 31.8 Å². The Bertz CT molecular complexity index is 1480. The van der Waals surface area contributed by atoms with Crippen LogP contribution in [0.2, 0.25) is 0 Å². The molecule has 9 nitrogen and oxygen atoms in total. The van der Waals surface area contributed by atoms with E-state index in [0.717, 1.165) is 16.7 Å². The molecule has 5 aliphatic rings. The number of aliphatic hydroxyl groups is 1. The first-order valence-electron chi connectivity index (χ1n) is 16.1. The van der Waals surface area contributed by atoms with Gasteiger partial charge < -0.3 is 33.2 Å². The van der Waals surface area contributed by atoms with Gasteiger partial charge in [0.1, 0.15) is 12.2 Å². The zero-order chi connectivity index (χ0) is 31.9. The van der Waals surface area contributed by atoms with Crippen molar-refractivity contribution < 1.29 is 42.8 Å². The summed E-state index contributed by atoms with van der Waals surface area (Å²) in [6.45, 7) is 10.3. The molecule has 0 amide bonds. The summed E-state index contributed by atoms with van der Waals surface area (Å²) >= 11 is 0. The minimum absolute atomic E-state index is 0.0484. The van der Waals surface area contributed by atoms with E-state index in [-0.39, 0.29) is 30.3 Å². The molecule has 12 atom stereocenters. The van der Waals surface area contributed by atoms with E-state index in [0.29, 0.717) is 25.0 Å². The average molecular weight is 621 g/mol. The number of benzene rings is 1. The number of fused-ring (bicyclic) bond motifs is 4. The van der Waals surface area contributed by atoms with E-state index in [4.69, 9.17) is 28.1 Å². The normalized spacial score (nSPS) is 43.6. The highest BCUT2D eigenvalue weighted by Gasteiger charge is 2.77. The molecule has 3 aliphatic carbocycles. The van der Waals surface area contributed by atoms with Crippen LogP contribution in [0.25, 0.3) is 0 Å². The van der Waals surface area contributed by atoms with E-state index >= 15 is 0 Å². The van der Waals surface area contributed by atoms with Crippen LogP contribution in [-0.2, 0) is 28.5 Å². The second-order valence-corrected chi connectivity index (χ2v) is 14.5. The van der Waals surface area contributed by atoms with Gasteiger partial charge in [-0.2, -0.15) is 0 Å². The van der Waals surface area contributed by atoms with E-state index in [1.807, 2.05) is 24.3 Å². The Morgan fingerprint density at radius 3 is 2.44 bits per heavy atom. The number of carbonyl (C=O) groups excluding carboxylic acids is 2. The number of allylic oxidation sites excluding steroid dienone is 1. The molecule has 3 heterocycles. The van der Waals surface area contributed by atoms with Gasteiger partial charge in [0.25, 0.3) is 0 Å². The highest BCUT2D eigenvalue weighted by atomic mass is 16.7. The molecule has 12 unspecified atom stereocenters. The lowest BCUT2D eigenvalue weighted by atomic mass is 9.39. The molecule has 1 aromatic carbocycles. The van der Waals surface area contributed by atoms with Gasteiger partial charge in [-0.25, -0.2) is 4.79 Å². The van der Waals surface area contributed by atoms with Crippen LogP contribution < -0.4 is 0 Å². The number of furan rings is 1. The Morgan fingerprint density at radius 1 is 1.02 bits per heavy atom. The molecule has 242 valence electrons. The molecule has 45 heavy (non-hydrogen) atoms. The first kappa shape index (κ1) is 30.7. The zero-order valence-corrected chi connectivity index (χ0v) is 26.9. The Labute approximate surface area is 264 Å². The molecule has 0 radical (unpaired) electrons. The lowest BCUT2D eigenvalue weighted by Gasteiger charge is -2.66. The monoisotopic (exact) mass is 620 g/mol. The van der Waals surface area contributed by atoms with Gasteiger partial charge in [-0.1, -0.05) is 44.5 Å². The first-order valence-corrected chi connectivity index (χ1v) is 16.1. The number of methoxy groups -OCH3 is 1. The van der Waals surface area contributed by atoms with Gasteiger partial charge >= 0.3 is 11.9 Å². The summed E-state index contributed by atoms with van der Waals surface area (Å²) in [5.74, 6) is -1.30. The van der Waals surface area contributed by atoms with Crippen molar-refractivity contribution in [1.82, 2.24) is 0 Å². The fraction of sp³-hybridized carbons (Fsp3) is 0.611. The molecular weight excluding hydrogens is 576 g/mol. The van der Waals surface area contributed by atoms with Crippen LogP contribution in [0.3, 0.4) is 0 Å². The second-order valence-electron chi connectivity index (χ2n) is 14.5. The number of hydrogen-bond donors (Lipinski definition) is 1. The van der Waals surface area contributed by atoms with Crippen molar-refractivity contribution in [3.8, 4) is 0 Å². The molecule has 4 fully saturated rings. The standard InChI is InChI=1S/C36H44O9/c1-19-23(22-12-13-41-17-22)14-24-29(19)36(5)25(15-28(40-6)44-24)35(4)26(38)16-27(43-20(2)37)34(3)18-42-30(31(34)35)32(36)45-33(39)21-10-8-7-9-11-21/h7-13,17,23-28,30-32,38H,14-16,18H2,1-6H3. The van der Waals surface area contributed by atoms with Crippen molar-refractivity contribution >= 4 is 11.9 Å². The largest absolute Gasteiger partial charge is 0.472 e. The van der Waals surface area contributed by atoms with Crippen LogP contribution in [0.5, 0.6) is 0 Å².